The van der Waals surface area contributed by atoms with Crippen LogP contribution < -0.4 is 14.4 Å². The second-order valence-electron chi connectivity index (χ2n) is 7.69. The van der Waals surface area contributed by atoms with Gasteiger partial charge in [0.05, 0.1) is 6.54 Å². The third-order valence-electron chi connectivity index (χ3n) is 5.50. The zero-order chi connectivity index (χ0) is 21.8. The number of anilines is 1. The lowest BCUT2D eigenvalue weighted by molar-refractivity contribution is -0.127. The average Bonchev–Trinajstić information content (AvgIpc) is 2.88. The molecule has 0 saturated heterocycles. The maximum atomic E-state index is 13.7. The summed E-state index contributed by atoms with van der Waals surface area (Å²) in [6.07, 6.45) is -0.714. The molecule has 0 N–H and O–H groups in total. The second-order valence-corrected chi connectivity index (χ2v) is 7.69. The van der Waals surface area contributed by atoms with Gasteiger partial charge in [-0.15, -0.1) is 0 Å². The molecule has 4 aromatic carbocycles. The number of hydrogen-bond donors (Lipinski definition) is 0. The highest BCUT2D eigenvalue weighted by Gasteiger charge is 2.32. The van der Waals surface area contributed by atoms with Gasteiger partial charge >= 0.3 is 0 Å². The maximum Gasteiger partial charge on any atom is 0.271 e. The van der Waals surface area contributed by atoms with E-state index >= 15 is 0 Å². The van der Waals surface area contributed by atoms with Gasteiger partial charge in [-0.3, -0.25) is 4.79 Å². The van der Waals surface area contributed by atoms with E-state index in [9.17, 15) is 4.79 Å². The largest absolute Gasteiger partial charge is 0.485 e. The van der Waals surface area contributed by atoms with Gasteiger partial charge < -0.3 is 14.4 Å². The van der Waals surface area contributed by atoms with Crippen molar-refractivity contribution in [3.8, 4) is 22.6 Å². The van der Waals surface area contributed by atoms with Crippen molar-refractivity contribution in [2.45, 2.75) is 12.6 Å². The molecule has 158 valence electrons. The van der Waals surface area contributed by atoms with Crippen LogP contribution in [0.1, 0.15) is 5.56 Å². The summed E-state index contributed by atoms with van der Waals surface area (Å²) >= 11 is 0. The molecule has 4 nitrogen and oxygen atoms in total. The smallest absolute Gasteiger partial charge is 0.271 e. The number of para-hydroxylation sites is 2. The zero-order valence-corrected chi connectivity index (χ0v) is 17.6. The van der Waals surface area contributed by atoms with Crippen LogP contribution in [0, 0.1) is 0 Å². The molecule has 0 radical (unpaired) electrons. The normalized spacial score (nSPS) is 14.6. The Morgan fingerprint density at radius 2 is 1.41 bits per heavy atom. The fraction of sp³-hybridized carbons (Fsp3) is 0.107. The molecule has 0 saturated carbocycles. The van der Waals surface area contributed by atoms with Crippen LogP contribution in [0.4, 0.5) is 5.69 Å². The highest BCUT2D eigenvalue weighted by molar-refractivity contribution is 5.97. The summed E-state index contributed by atoms with van der Waals surface area (Å²) < 4.78 is 11.8. The number of carbonyl (C=O) groups excluding carboxylic acids is 1. The van der Waals surface area contributed by atoms with Gasteiger partial charge in [0.1, 0.15) is 6.61 Å². The summed E-state index contributed by atoms with van der Waals surface area (Å²) in [6.45, 7) is 0.624. The molecule has 0 aliphatic carbocycles. The van der Waals surface area contributed by atoms with Crippen molar-refractivity contribution < 1.29 is 14.3 Å². The van der Waals surface area contributed by atoms with E-state index in [0.29, 0.717) is 18.0 Å². The zero-order valence-electron chi connectivity index (χ0n) is 17.6. The summed E-state index contributed by atoms with van der Waals surface area (Å²) in [6, 6.07) is 35.6. The molecule has 32 heavy (non-hydrogen) atoms. The van der Waals surface area contributed by atoms with E-state index in [1.807, 2.05) is 91.0 Å². The lowest BCUT2D eigenvalue weighted by Gasteiger charge is -2.31. The van der Waals surface area contributed by atoms with Gasteiger partial charge in [-0.1, -0.05) is 84.9 Å². The van der Waals surface area contributed by atoms with Crippen LogP contribution in [0.15, 0.2) is 109 Å². The summed E-state index contributed by atoms with van der Waals surface area (Å²) in [5.41, 5.74) is 4.03. The lowest BCUT2D eigenvalue weighted by atomic mass is 10.0. The maximum absolute atomic E-state index is 13.7. The van der Waals surface area contributed by atoms with Crippen LogP contribution in [-0.4, -0.2) is 18.6 Å². The van der Waals surface area contributed by atoms with Crippen LogP contribution >= 0.6 is 0 Å². The molecule has 0 bridgehead atoms. The van der Waals surface area contributed by atoms with Crippen LogP contribution in [0.25, 0.3) is 11.1 Å². The molecule has 0 unspecified atom stereocenters. The molecule has 1 aliphatic heterocycles. The molecule has 1 atom stereocenters. The number of nitrogens with zero attached hydrogens (tertiary/aromatic N) is 1. The van der Waals surface area contributed by atoms with E-state index in [4.69, 9.17) is 9.47 Å². The van der Waals surface area contributed by atoms with E-state index in [0.717, 1.165) is 22.4 Å². The first kappa shape index (κ1) is 19.9. The lowest BCUT2D eigenvalue weighted by Crippen LogP contribution is -2.46. The summed E-state index contributed by atoms with van der Waals surface area (Å²) in [4.78, 5) is 15.5. The van der Waals surface area contributed by atoms with E-state index in [-0.39, 0.29) is 12.5 Å². The van der Waals surface area contributed by atoms with Gasteiger partial charge in [0.15, 0.2) is 11.5 Å². The Labute approximate surface area is 187 Å². The molecule has 1 aliphatic rings. The summed E-state index contributed by atoms with van der Waals surface area (Å²) in [5, 5.41) is 0. The average molecular weight is 421 g/mol. The summed E-state index contributed by atoms with van der Waals surface area (Å²) in [5.74, 6) is 1.13. The van der Waals surface area contributed by atoms with Gasteiger partial charge in [0.25, 0.3) is 5.91 Å². The fourth-order valence-electron chi connectivity index (χ4n) is 3.86. The van der Waals surface area contributed by atoms with Crippen molar-refractivity contribution >= 4 is 11.6 Å². The Morgan fingerprint density at radius 3 is 2.19 bits per heavy atom. The van der Waals surface area contributed by atoms with E-state index < -0.39 is 6.10 Å². The van der Waals surface area contributed by atoms with Crippen LogP contribution in [-0.2, 0) is 11.3 Å². The molecule has 5 rings (SSSR count). The molecule has 1 amide bonds. The Bertz CT molecular complexity index is 1210. The molecule has 4 heteroatoms. The first-order valence-electron chi connectivity index (χ1n) is 10.7. The molecule has 1 heterocycles. The Kier molecular flexibility index (Phi) is 5.58. The van der Waals surface area contributed by atoms with Crippen LogP contribution in [0.3, 0.4) is 0 Å². The predicted octanol–water partition coefficient (Wildman–Crippen LogP) is 5.73. The SMILES string of the molecule is O=C([C@@H]1COc2ccccc2O1)N(Cc1ccccc1)c1cccc(-c2ccccc2)c1. The number of ether oxygens (including phenoxy) is 2. The number of fused-ring (bicyclic) bond motifs is 1. The number of amides is 1. The van der Waals surface area contributed by atoms with Crippen molar-refractivity contribution in [1.82, 2.24) is 0 Å². The van der Waals surface area contributed by atoms with Crippen molar-refractivity contribution in [3.05, 3.63) is 115 Å². The topological polar surface area (TPSA) is 38.8 Å². The van der Waals surface area contributed by atoms with Crippen molar-refractivity contribution in [2.75, 3.05) is 11.5 Å². The van der Waals surface area contributed by atoms with Gasteiger partial charge in [-0.25, -0.2) is 0 Å². The van der Waals surface area contributed by atoms with Gasteiger partial charge in [-0.05, 0) is 41.0 Å². The second kappa shape index (κ2) is 8.98. The minimum Gasteiger partial charge on any atom is -0.485 e. The summed E-state index contributed by atoms with van der Waals surface area (Å²) in [7, 11) is 0. The minimum atomic E-state index is -0.714. The van der Waals surface area contributed by atoms with Crippen molar-refractivity contribution in [3.63, 3.8) is 0 Å². The van der Waals surface area contributed by atoms with Crippen LogP contribution in [0.2, 0.25) is 0 Å². The number of hydrogen-bond acceptors (Lipinski definition) is 3. The van der Waals surface area contributed by atoms with Gasteiger partial charge in [0, 0.05) is 5.69 Å². The molecule has 0 spiro atoms. The van der Waals surface area contributed by atoms with E-state index in [2.05, 4.69) is 18.2 Å². The Hall–Kier alpha value is -4.05. The Morgan fingerprint density at radius 1 is 0.750 bits per heavy atom. The number of benzene rings is 4. The number of carbonyl (C=O) groups is 1. The van der Waals surface area contributed by atoms with E-state index in [1.54, 1.807) is 4.90 Å². The Balaban J connectivity index is 1.48. The van der Waals surface area contributed by atoms with E-state index in [1.165, 1.54) is 0 Å². The number of rotatable bonds is 5. The molecular formula is C28H23NO3. The molecule has 0 fully saturated rings. The standard InChI is InChI=1S/C28H23NO3/c30-28(27-20-31-25-16-7-8-17-26(25)32-27)29(19-21-10-3-1-4-11-21)24-15-9-14-23(18-24)22-12-5-2-6-13-22/h1-18,27H,19-20H2/t27-/m0/s1. The van der Waals surface area contributed by atoms with Crippen LogP contribution in [0.5, 0.6) is 11.5 Å². The van der Waals surface area contributed by atoms with Crippen molar-refractivity contribution in [2.24, 2.45) is 0 Å². The predicted molar refractivity (Wildman–Crippen MR) is 126 cm³/mol. The first-order chi connectivity index (χ1) is 15.8. The molecular weight excluding hydrogens is 398 g/mol. The highest BCUT2D eigenvalue weighted by Crippen LogP contribution is 2.32. The highest BCUT2D eigenvalue weighted by atomic mass is 16.6. The molecule has 0 aromatic heterocycles. The van der Waals surface area contributed by atoms with Gasteiger partial charge in [-0.2, -0.15) is 0 Å². The van der Waals surface area contributed by atoms with Crippen molar-refractivity contribution in [1.29, 1.82) is 0 Å². The first-order valence-corrected chi connectivity index (χ1v) is 10.7. The third-order valence-corrected chi connectivity index (χ3v) is 5.50. The monoisotopic (exact) mass is 421 g/mol. The third kappa shape index (κ3) is 4.21. The van der Waals surface area contributed by atoms with Gasteiger partial charge in [0.2, 0.25) is 6.10 Å². The molecule has 4 aromatic rings. The minimum absolute atomic E-state index is 0.131. The quantitative estimate of drug-likeness (QED) is 0.413. The fourth-order valence-corrected chi connectivity index (χ4v) is 3.86.